The Bertz CT molecular complexity index is 230. The first-order valence-corrected chi connectivity index (χ1v) is 3.86. The lowest BCUT2D eigenvalue weighted by molar-refractivity contribution is -0.141. The van der Waals surface area contributed by atoms with Crippen LogP contribution >= 0.6 is 0 Å². The molecular formula is C9H13NO3. The number of hydrogen-bond acceptors (Lipinski definition) is 3. The lowest BCUT2D eigenvalue weighted by Gasteiger charge is -2.14. The van der Waals surface area contributed by atoms with Crippen molar-refractivity contribution in [3.8, 4) is 12.3 Å². The molecule has 0 saturated carbocycles. The van der Waals surface area contributed by atoms with E-state index < -0.39 is 0 Å². The molecule has 4 nitrogen and oxygen atoms in total. The van der Waals surface area contributed by atoms with Gasteiger partial charge in [-0.3, -0.25) is 9.59 Å². The van der Waals surface area contributed by atoms with E-state index in [0.717, 1.165) is 0 Å². The van der Waals surface area contributed by atoms with Crippen molar-refractivity contribution in [3.05, 3.63) is 0 Å². The molecule has 0 aromatic heterocycles. The van der Waals surface area contributed by atoms with Crippen LogP contribution in [0.15, 0.2) is 0 Å². The molecule has 72 valence electrons. The summed E-state index contributed by atoms with van der Waals surface area (Å²) in [6.07, 6.45) is 5.23. The van der Waals surface area contributed by atoms with Gasteiger partial charge in [-0.25, -0.2) is 0 Å². The summed E-state index contributed by atoms with van der Waals surface area (Å²) in [5.41, 5.74) is 0. The highest BCUT2D eigenvalue weighted by Crippen LogP contribution is 1.93. The summed E-state index contributed by atoms with van der Waals surface area (Å²) in [6, 6.07) is 0. The molecule has 0 aromatic carbocycles. The van der Waals surface area contributed by atoms with Gasteiger partial charge in [0.15, 0.2) is 0 Å². The number of hydrogen-bond donors (Lipinski definition) is 0. The van der Waals surface area contributed by atoms with Gasteiger partial charge in [0.1, 0.15) is 0 Å². The third-order valence-electron chi connectivity index (χ3n) is 1.56. The Morgan fingerprint density at radius 3 is 2.62 bits per heavy atom. The molecule has 1 amide bonds. The first-order valence-electron chi connectivity index (χ1n) is 3.86. The first kappa shape index (κ1) is 11.5. The van der Waals surface area contributed by atoms with E-state index in [1.807, 2.05) is 0 Å². The molecule has 0 radical (unpaired) electrons. The van der Waals surface area contributed by atoms with E-state index in [9.17, 15) is 9.59 Å². The standard InChI is InChI=1S/C9H13NO3/c1-4-5-8(11)10(2)7-6-9(12)13-3/h1H,5-7H2,2-3H3. The molecule has 0 bridgehead atoms. The van der Waals surface area contributed by atoms with Gasteiger partial charge in [-0.1, -0.05) is 5.92 Å². The van der Waals surface area contributed by atoms with Crippen LogP contribution in [0.1, 0.15) is 12.8 Å². The quantitative estimate of drug-likeness (QED) is 0.456. The topological polar surface area (TPSA) is 46.6 Å². The van der Waals surface area contributed by atoms with E-state index in [-0.39, 0.29) is 24.7 Å². The van der Waals surface area contributed by atoms with Gasteiger partial charge in [0.05, 0.1) is 20.0 Å². The van der Waals surface area contributed by atoms with Gasteiger partial charge in [0.25, 0.3) is 0 Å². The fraction of sp³-hybridized carbons (Fsp3) is 0.556. The molecular weight excluding hydrogens is 170 g/mol. The number of carbonyl (C=O) groups excluding carboxylic acids is 2. The van der Waals surface area contributed by atoms with Crippen LogP contribution in [0.4, 0.5) is 0 Å². The molecule has 0 atom stereocenters. The van der Waals surface area contributed by atoms with Gasteiger partial charge in [0.2, 0.25) is 5.91 Å². The summed E-state index contributed by atoms with van der Waals surface area (Å²) in [4.78, 5) is 23.2. The van der Waals surface area contributed by atoms with Gasteiger partial charge in [-0.05, 0) is 0 Å². The van der Waals surface area contributed by atoms with Crippen molar-refractivity contribution in [2.24, 2.45) is 0 Å². The van der Waals surface area contributed by atoms with Gasteiger partial charge in [-0.2, -0.15) is 0 Å². The average Bonchev–Trinajstić information content (AvgIpc) is 2.13. The average molecular weight is 183 g/mol. The van der Waals surface area contributed by atoms with Crippen LogP contribution in [0.25, 0.3) is 0 Å². The molecule has 0 fully saturated rings. The van der Waals surface area contributed by atoms with Crippen molar-refractivity contribution in [2.75, 3.05) is 20.7 Å². The minimum Gasteiger partial charge on any atom is -0.469 e. The number of ether oxygens (including phenoxy) is 1. The number of amides is 1. The van der Waals surface area contributed by atoms with E-state index >= 15 is 0 Å². The summed E-state index contributed by atoms with van der Waals surface area (Å²) < 4.78 is 4.42. The molecule has 0 heterocycles. The monoisotopic (exact) mass is 183 g/mol. The zero-order chi connectivity index (χ0) is 10.3. The van der Waals surface area contributed by atoms with Crippen LogP contribution in [-0.4, -0.2) is 37.5 Å². The van der Waals surface area contributed by atoms with Crippen LogP contribution in [-0.2, 0) is 14.3 Å². The van der Waals surface area contributed by atoms with Gasteiger partial charge >= 0.3 is 5.97 Å². The van der Waals surface area contributed by atoms with Crippen molar-refractivity contribution < 1.29 is 14.3 Å². The summed E-state index contributed by atoms with van der Waals surface area (Å²) >= 11 is 0. The molecule has 0 rings (SSSR count). The van der Waals surface area contributed by atoms with Crippen molar-refractivity contribution in [1.29, 1.82) is 0 Å². The number of rotatable bonds is 4. The minimum absolute atomic E-state index is 0.0671. The van der Waals surface area contributed by atoms with Gasteiger partial charge in [0, 0.05) is 13.6 Å². The second-order valence-corrected chi connectivity index (χ2v) is 2.52. The van der Waals surface area contributed by atoms with Crippen LogP contribution in [0.5, 0.6) is 0 Å². The Morgan fingerprint density at radius 2 is 2.15 bits per heavy atom. The Labute approximate surface area is 77.9 Å². The Hall–Kier alpha value is -1.50. The predicted molar refractivity (Wildman–Crippen MR) is 47.7 cm³/mol. The van der Waals surface area contributed by atoms with Crippen molar-refractivity contribution in [2.45, 2.75) is 12.8 Å². The Kier molecular flexibility index (Phi) is 5.37. The maximum atomic E-state index is 11.1. The molecule has 13 heavy (non-hydrogen) atoms. The SMILES string of the molecule is C#CCC(=O)N(C)CCC(=O)OC. The van der Waals surface area contributed by atoms with Crippen LogP contribution in [0, 0.1) is 12.3 Å². The fourth-order valence-electron chi connectivity index (χ4n) is 0.708. The largest absolute Gasteiger partial charge is 0.469 e. The number of terminal acetylenes is 1. The van der Waals surface area contributed by atoms with Crippen LogP contribution in [0.2, 0.25) is 0 Å². The maximum absolute atomic E-state index is 11.1. The highest BCUT2D eigenvalue weighted by Gasteiger charge is 2.08. The van der Waals surface area contributed by atoms with Crippen molar-refractivity contribution in [3.63, 3.8) is 0 Å². The van der Waals surface area contributed by atoms with Crippen molar-refractivity contribution in [1.82, 2.24) is 4.90 Å². The van der Waals surface area contributed by atoms with Crippen LogP contribution < -0.4 is 0 Å². The summed E-state index contributed by atoms with van der Waals surface area (Å²) in [7, 11) is 2.91. The van der Waals surface area contributed by atoms with Gasteiger partial charge in [-0.15, -0.1) is 6.42 Å². The number of esters is 1. The lowest BCUT2D eigenvalue weighted by Crippen LogP contribution is -2.28. The normalized spacial score (nSPS) is 8.69. The summed E-state index contributed by atoms with van der Waals surface area (Å²) in [6.45, 7) is 0.340. The second kappa shape index (κ2) is 6.06. The second-order valence-electron chi connectivity index (χ2n) is 2.52. The molecule has 4 heteroatoms. The molecule has 0 aromatic rings. The third kappa shape index (κ3) is 4.86. The lowest BCUT2D eigenvalue weighted by atomic mass is 10.3. The molecule has 0 spiro atoms. The fourth-order valence-corrected chi connectivity index (χ4v) is 0.708. The minimum atomic E-state index is -0.333. The Balaban J connectivity index is 3.75. The molecule has 0 N–H and O–H groups in total. The number of carbonyl (C=O) groups is 2. The van der Waals surface area contributed by atoms with Gasteiger partial charge < -0.3 is 9.64 Å². The molecule has 0 saturated heterocycles. The summed E-state index contributed by atoms with van der Waals surface area (Å²) in [5, 5.41) is 0. The molecule has 0 aliphatic rings. The molecule has 0 aliphatic heterocycles. The highest BCUT2D eigenvalue weighted by atomic mass is 16.5. The zero-order valence-electron chi connectivity index (χ0n) is 7.87. The van der Waals surface area contributed by atoms with E-state index in [0.29, 0.717) is 6.54 Å². The maximum Gasteiger partial charge on any atom is 0.307 e. The summed E-state index contributed by atoms with van der Waals surface area (Å²) in [5.74, 6) is 1.75. The predicted octanol–water partition coefficient (Wildman–Crippen LogP) is 0.0312. The van der Waals surface area contributed by atoms with E-state index in [1.54, 1.807) is 7.05 Å². The number of nitrogens with zero attached hydrogens (tertiary/aromatic N) is 1. The van der Waals surface area contributed by atoms with E-state index in [4.69, 9.17) is 6.42 Å². The first-order chi connectivity index (χ1) is 6.11. The third-order valence-corrected chi connectivity index (χ3v) is 1.56. The highest BCUT2D eigenvalue weighted by molar-refractivity contribution is 5.79. The molecule has 0 unspecified atom stereocenters. The number of methoxy groups -OCH3 is 1. The smallest absolute Gasteiger partial charge is 0.307 e. The van der Waals surface area contributed by atoms with Crippen molar-refractivity contribution >= 4 is 11.9 Å². The molecule has 0 aliphatic carbocycles. The van der Waals surface area contributed by atoms with E-state index in [2.05, 4.69) is 10.7 Å². The van der Waals surface area contributed by atoms with E-state index in [1.165, 1.54) is 12.0 Å². The zero-order valence-corrected chi connectivity index (χ0v) is 7.87. The van der Waals surface area contributed by atoms with Crippen LogP contribution in [0.3, 0.4) is 0 Å². The Morgan fingerprint density at radius 1 is 1.54 bits per heavy atom.